The number of hydrogen-bond donors (Lipinski definition) is 1. The molecule has 0 fully saturated rings. The molecule has 0 bridgehead atoms. The minimum absolute atomic E-state index is 0.121. The van der Waals surface area contributed by atoms with Crippen LogP contribution in [0.2, 0.25) is 0 Å². The number of fused-ring (bicyclic) bond motifs is 1. The number of rotatable bonds is 5. The van der Waals surface area contributed by atoms with Gasteiger partial charge in [-0.15, -0.1) is 0 Å². The maximum absolute atomic E-state index is 11.0. The van der Waals surface area contributed by atoms with Crippen molar-refractivity contribution in [3.05, 3.63) is 39.4 Å². The first-order valence-electron chi connectivity index (χ1n) is 6.90. The fourth-order valence-corrected chi connectivity index (χ4v) is 2.39. The molecule has 0 aliphatic rings. The lowest BCUT2D eigenvalue weighted by molar-refractivity contribution is -0.385. The van der Waals surface area contributed by atoms with Crippen LogP contribution in [0.1, 0.15) is 31.4 Å². The van der Waals surface area contributed by atoms with Gasteiger partial charge in [-0.2, -0.15) is 0 Å². The predicted molar refractivity (Wildman–Crippen MR) is 81.3 cm³/mol. The molecule has 5 heteroatoms. The van der Waals surface area contributed by atoms with Gasteiger partial charge in [-0.1, -0.05) is 13.3 Å². The highest BCUT2D eigenvalue weighted by Gasteiger charge is 2.15. The van der Waals surface area contributed by atoms with Crippen LogP contribution in [0.5, 0.6) is 0 Å². The van der Waals surface area contributed by atoms with Gasteiger partial charge in [0, 0.05) is 18.0 Å². The Morgan fingerprint density at radius 1 is 1.35 bits per heavy atom. The molecule has 0 amide bonds. The highest BCUT2D eigenvalue weighted by atomic mass is 16.6. The summed E-state index contributed by atoms with van der Waals surface area (Å²) in [6.45, 7) is 6.68. The Bertz CT molecular complexity index is 653. The van der Waals surface area contributed by atoms with Crippen molar-refractivity contribution in [1.29, 1.82) is 0 Å². The molecule has 0 spiro atoms. The van der Waals surface area contributed by atoms with E-state index in [0.717, 1.165) is 36.2 Å². The summed E-state index contributed by atoms with van der Waals surface area (Å²) in [6.07, 6.45) is 1.98. The van der Waals surface area contributed by atoms with Crippen molar-refractivity contribution in [2.24, 2.45) is 0 Å². The molecule has 0 aliphatic carbocycles. The van der Waals surface area contributed by atoms with Crippen molar-refractivity contribution in [3.63, 3.8) is 0 Å². The molecule has 1 aromatic carbocycles. The van der Waals surface area contributed by atoms with Crippen molar-refractivity contribution in [2.45, 2.75) is 33.6 Å². The third kappa shape index (κ3) is 2.57. The first kappa shape index (κ1) is 14.2. The van der Waals surface area contributed by atoms with Gasteiger partial charge in [0.05, 0.1) is 16.0 Å². The summed E-state index contributed by atoms with van der Waals surface area (Å²) in [7, 11) is 0. The van der Waals surface area contributed by atoms with Gasteiger partial charge in [0.1, 0.15) is 5.82 Å². The lowest BCUT2D eigenvalue weighted by atomic mass is 10.0. The second-order valence-corrected chi connectivity index (χ2v) is 4.81. The minimum atomic E-state index is -0.358. The minimum Gasteiger partial charge on any atom is -0.370 e. The maximum Gasteiger partial charge on any atom is 0.274 e. The average Bonchev–Trinajstić information content (AvgIpc) is 2.40. The van der Waals surface area contributed by atoms with Crippen molar-refractivity contribution >= 4 is 22.4 Å². The number of aryl methyl sites for hydroxylation is 2. The largest absolute Gasteiger partial charge is 0.370 e. The zero-order valence-corrected chi connectivity index (χ0v) is 12.1. The molecule has 106 valence electrons. The molecular weight excluding hydrogens is 254 g/mol. The summed E-state index contributed by atoms with van der Waals surface area (Å²) in [4.78, 5) is 15.3. The first-order valence-corrected chi connectivity index (χ1v) is 6.90. The number of nitrogens with zero attached hydrogens (tertiary/aromatic N) is 2. The van der Waals surface area contributed by atoms with E-state index in [1.54, 1.807) is 19.1 Å². The molecular formula is C15H19N3O2. The van der Waals surface area contributed by atoms with E-state index in [1.807, 2.05) is 6.92 Å². The van der Waals surface area contributed by atoms with Crippen LogP contribution < -0.4 is 5.32 Å². The number of benzene rings is 1. The van der Waals surface area contributed by atoms with E-state index >= 15 is 0 Å². The quantitative estimate of drug-likeness (QED) is 0.664. The van der Waals surface area contributed by atoms with Gasteiger partial charge in [0.15, 0.2) is 0 Å². The zero-order chi connectivity index (χ0) is 14.7. The Labute approximate surface area is 118 Å². The predicted octanol–water partition coefficient (Wildman–Crippen LogP) is 3.84. The molecule has 20 heavy (non-hydrogen) atoms. The second kappa shape index (κ2) is 5.86. The number of nitro groups is 1. The van der Waals surface area contributed by atoms with Gasteiger partial charge >= 0.3 is 0 Å². The van der Waals surface area contributed by atoms with Crippen molar-refractivity contribution in [3.8, 4) is 0 Å². The van der Waals surface area contributed by atoms with Crippen molar-refractivity contribution < 1.29 is 4.92 Å². The number of nitro benzene ring substituents is 1. The molecule has 2 rings (SSSR count). The second-order valence-electron chi connectivity index (χ2n) is 4.81. The topological polar surface area (TPSA) is 68.1 Å². The molecule has 0 saturated carbocycles. The van der Waals surface area contributed by atoms with E-state index in [0.29, 0.717) is 11.1 Å². The number of hydrogen-bond acceptors (Lipinski definition) is 4. The van der Waals surface area contributed by atoms with Gasteiger partial charge in [-0.3, -0.25) is 10.1 Å². The Balaban J connectivity index is 2.67. The molecule has 0 saturated heterocycles. The molecule has 0 aliphatic heterocycles. The average molecular weight is 273 g/mol. The summed E-state index contributed by atoms with van der Waals surface area (Å²) < 4.78 is 0. The standard InChI is InChI=1S/C15H19N3O2/c1-4-6-12-9-11-7-8-13(18(19)20)10(3)14(11)17-15(12)16-5-2/h7-9H,4-6H2,1-3H3,(H,16,17). The van der Waals surface area contributed by atoms with Crippen LogP contribution in [0.15, 0.2) is 18.2 Å². The van der Waals surface area contributed by atoms with E-state index in [4.69, 9.17) is 0 Å². The monoisotopic (exact) mass is 273 g/mol. The van der Waals surface area contributed by atoms with Crippen LogP contribution in [0.4, 0.5) is 11.5 Å². The normalized spacial score (nSPS) is 10.8. The van der Waals surface area contributed by atoms with Gasteiger partial charge in [-0.25, -0.2) is 4.98 Å². The SMILES string of the molecule is CCCc1cc2ccc([N+](=O)[O-])c(C)c2nc1NCC. The molecule has 1 N–H and O–H groups in total. The van der Waals surface area contributed by atoms with Crippen molar-refractivity contribution in [2.75, 3.05) is 11.9 Å². The Hall–Kier alpha value is -2.17. The fraction of sp³-hybridized carbons (Fsp3) is 0.400. The zero-order valence-electron chi connectivity index (χ0n) is 12.1. The van der Waals surface area contributed by atoms with Crippen molar-refractivity contribution in [1.82, 2.24) is 4.98 Å². The van der Waals surface area contributed by atoms with Crippen LogP contribution in [0.3, 0.4) is 0 Å². The van der Waals surface area contributed by atoms with E-state index < -0.39 is 0 Å². The van der Waals surface area contributed by atoms with Crippen LogP contribution in [0.25, 0.3) is 10.9 Å². The van der Waals surface area contributed by atoms with Crippen LogP contribution >= 0.6 is 0 Å². The number of nitrogens with one attached hydrogen (secondary N) is 1. The third-order valence-corrected chi connectivity index (χ3v) is 3.35. The number of pyridine rings is 1. The lowest BCUT2D eigenvalue weighted by Crippen LogP contribution is -2.05. The highest BCUT2D eigenvalue weighted by Crippen LogP contribution is 2.29. The summed E-state index contributed by atoms with van der Waals surface area (Å²) >= 11 is 0. The fourth-order valence-electron chi connectivity index (χ4n) is 2.39. The lowest BCUT2D eigenvalue weighted by Gasteiger charge is -2.12. The smallest absolute Gasteiger partial charge is 0.274 e. The third-order valence-electron chi connectivity index (χ3n) is 3.35. The molecule has 1 heterocycles. The highest BCUT2D eigenvalue weighted by molar-refractivity contribution is 5.87. The Morgan fingerprint density at radius 2 is 2.10 bits per heavy atom. The molecule has 0 unspecified atom stereocenters. The van der Waals surface area contributed by atoms with Gasteiger partial charge in [-0.05, 0) is 38.0 Å². The van der Waals surface area contributed by atoms with E-state index in [2.05, 4.69) is 23.3 Å². The first-order chi connectivity index (χ1) is 9.58. The Morgan fingerprint density at radius 3 is 2.70 bits per heavy atom. The molecule has 0 radical (unpaired) electrons. The molecule has 2 aromatic rings. The van der Waals surface area contributed by atoms with E-state index in [1.165, 1.54) is 0 Å². The summed E-state index contributed by atoms with van der Waals surface area (Å²) in [5.74, 6) is 0.838. The van der Waals surface area contributed by atoms with Gasteiger partial charge in [0.25, 0.3) is 5.69 Å². The molecule has 5 nitrogen and oxygen atoms in total. The summed E-state index contributed by atoms with van der Waals surface area (Å²) in [5, 5.41) is 15.2. The van der Waals surface area contributed by atoms with Crippen LogP contribution in [0, 0.1) is 17.0 Å². The van der Waals surface area contributed by atoms with Gasteiger partial charge < -0.3 is 5.32 Å². The summed E-state index contributed by atoms with van der Waals surface area (Å²) in [5.41, 5.74) is 2.61. The number of aromatic nitrogens is 1. The van der Waals surface area contributed by atoms with Crippen LogP contribution in [-0.4, -0.2) is 16.5 Å². The Kier molecular flexibility index (Phi) is 4.17. The molecule has 1 aromatic heterocycles. The van der Waals surface area contributed by atoms with E-state index in [-0.39, 0.29) is 10.6 Å². The molecule has 0 atom stereocenters. The van der Waals surface area contributed by atoms with Crippen LogP contribution in [-0.2, 0) is 6.42 Å². The van der Waals surface area contributed by atoms with E-state index in [9.17, 15) is 10.1 Å². The number of anilines is 1. The maximum atomic E-state index is 11.0. The van der Waals surface area contributed by atoms with Gasteiger partial charge in [0.2, 0.25) is 0 Å². The summed E-state index contributed by atoms with van der Waals surface area (Å²) in [6, 6.07) is 5.42.